The van der Waals surface area contributed by atoms with Crippen LogP contribution < -0.4 is 10.1 Å². The molecule has 4 heteroatoms. The van der Waals surface area contributed by atoms with Crippen LogP contribution in [0.4, 0.5) is 0 Å². The Bertz CT molecular complexity index is 438. The summed E-state index contributed by atoms with van der Waals surface area (Å²) in [4.78, 5) is 0. The molecule has 0 fully saturated rings. The lowest BCUT2D eigenvalue weighted by Gasteiger charge is -2.25. The third-order valence-electron chi connectivity index (χ3n) is 3.17. The molecule has 0 saturated carbocycles. The van der Waals surface area contributed by atoms with E-state index in [1.165, 1.54) is 0 Å². The molecule has 0 radical (unpaired) electrons. The van der Waals surface area contributed by atoms with Crippen molar-refractivity contribution in [1.29, 1.82) is 5.26 Å². The van der Waals surface area contributed by atoms with Crippen LogP contribution in [0.2, 0.25) is 0 Å². The average molecular weight is 276 g/mol. The number of methoxy groups -OCH3 is 1. The monoisotopic (exact) mass is 276 g/mol. The first-order chi connectivity index (χ1) is 9.59. The second-order valence-electron chi connectivity index (χ2n) is 5.57. The van der Waals surface area contributed by atoms with Crippen molar-refractivity contribution < 1.29 is 9.47 Å². The van der Waals surface area contributed by atoms with Crippen LogP contribution in [0.5, 0.6) is 5.75 Å². The molecule has 1 N–H and O–H groups in total. The summed E-state index contributed by atoms with van der Waals surface area (Å²) in [6.07, 6.45) is 1.02. The summed E-state index contributed by atoms with van der Waals surface area (Å²) < 4.78 is 10.5. The lowest BCUT2D eigenvalue weighted by Crippen LogP contribution is -2.30. The molecule has 0 aliphatic carbocycles. The molecule has 0 amide bonds. The zero-order valence-electron chi connectivity index (χ0n) is 12.6. The minimum atomic E-state index is 0.0797. The lowest BCUT2D eigenvalue weighted by atomic mass is 9.89. The Labute approximate surface area is 121 Å². The van der Waals surface area contributed by atoms with E-state index >= 15 is 0 Å². The molecule has 0 spiro atoms. The maximum atomic E-state index is 8.58. The molecule has 0 aromatic heterocycles. The highest BCUT2D eigenvalue weighted by atomic mass is 16.5. The second-order valence-corrected chi connectivity index (χ2v) is 5.57. The highest BCUT2D eigenvalue weighted by molar-refractivity contribution is 5.33. The highest BCUT2D eigenvalue weighted by Crippen LogP contribution is 2.21. The molecule has 0 saturated heterocycles. The zero-order valence-corrected chi connectivity index (χ0v) is 12.6. The van der Waals surface area contributed by atoms with Crippen molar-refractivity contribution in [3.8, 4) is 11.8 Å². The van der Waals surface area contributed by atoms with Gasteiger partial charge in [-0.3, -0.25) is 0 Å². The maximum Gasteiger partial charge on any atom is 0.174 e. The van der Waals surface area contributed by atoms with Crippen molar-refractivity contribution in [2.24, 2.45) is 5.41 Å². The minimum Gasteiger partial charge on any atom is -0.478 e. The quantitative estimate of drug-likeness (QED) is 0.753. The van der Waals surface area contributed by atoms with Gasteiger partial charge in [0.2, 0.25) is 0 Å². The van der Waals surface area contributed by atoms with Crippen molar-refractivity contribution >= 4 is 0 Å². The van der Waals surface area contributed by atoms with E-state index in [0.717, 1.165) is 37.4 Å². The van der Waals surface area contributed by atoms with Crippen LogP contribution in [-0.2, 0) is 11.3 Å². The van der Waals surface area contributed by atoms with Crippen LogP contribution in [-0.4, -0.2) is 26.9 Å². The summed E-state index contributed by atoms with van der Waals surface area (Å²) >= 11 is 0. The van der Waals surface area contributed by atoms with E-state index in [4.69, 9.17) is 14.7 Å². The standard InChI is InChI=1S/C16H24N2O2/c1-16(2,8-10-19-3)13-18-12-14-6-4-5-7-15(14)20-11-9-17/h4-7,18H,8,10-13H2,1-3H3. The molecule has 0 unspecified atom stereocenters. The molecule has 0 bridgehead atoms. The van der Waals surface area contributed by atoms with Crippen molar-refractivity contribution in [1.82, 2.24) is 5.32 Å². The number of rotatable bonds is 9. The number of para-hydroxylation sites is 1. The first-order valence-electron chi connectivity index (χ1n) is 6.86. The third-order valence-corrected chi connectivity index (χ3v) is 3.17. The number of benzene rings is 1. The van der Waals surface area contributed by atoms with E-state index < -0.39 is 0 Å². The lowest BCUT2D eigenvalue weighted by molar-refractivity contribution is 0.150. The Morgan fingerprint density at radius 2 is 2.05 bits per heavy atom. The summed E-state index contributed by atoms with van der Waals surface area (Å²) in [6, 6.07) is 9.79. The van der Waals surface area contributed by atoms with E-state index in [2.05, 4.69) is 19.2 Å². The molecular formula is C16H24N2O2. The van der Waals surface area contributed by atoms with Crippen LogP contribution in [0.15, 0.2) is 24.3 Å². The van der Waals surface area contributed by atoms with Crippen LogP contribution in [0.25, 0.3) is 0 Å². The Hall–Kier alpha value is -1.57. The van der Waals surface area contributed by atoms with E-state index in [-0.39, 0.29) is 12.0 Å². The Morgan fingerprint density at radius 1 is 1.30 bits per heavy atom. The fourth-order valence-corrected chi connectivity index (χ4v) is 1.90. The van der Waals surface area contributed by atoms with Gasteiger partial charge < -0.3 is 14.8 Å². The maximum absolute atomic E-state index is 8.58. The highest BCUT2D eigenvalue weighted by Gasteiger charge is 2.17. The molecule has 0 aliphatic heterocycles. The van der Waals surface area contributed by atoms with E-state index in [1.807, 2.05) is 30.3 Å². The van der Waals surface area contributed by atoms with E-state index in [0.29, 0.717) is 0 Å². The van der Waals surface area contributed by atoms with Gasteiger partial charge in [0.1, 0.15) is 11.8 Å². The molecule has 110 valence electrons. The Kier molecular flexibility index (Phi) is 7.06. The van der Waals surface area contributed by atoms with Gasteiger partial charge in [-0.25, -0.2) is 0 Å². The van der Waals surface area contributed by atoms with E-state index in [9.17, 15) is 0 Å². The summed E-state index contributed by atoms with van der Waals surface area (Å²) in [7, 11) is 1.73. The van der Waals surface area contributed by atoms with Crippen molar-refractivity contribution in [3.05, 3.63) is 29.8 Å². The minimum absolute atomic E-state index is 0.0797. The number of hydrogen-bond acceptors (Lipinski definition) is 4. The predicted molar refractivity (Wildman–Crippen MR) is 79.5 cm³/mol. The Morgan fingerprint density at radius 3 is 2.75 bits per heavy atom. The summed E-state index contributed by atoms with van der Waals surface area (Å²) in [6.45, 7) is 6.93. The largest absolute Gasteiger partial charge is 0.478 e. The third kappa shape index (κ3) is 6.05. The first-order valence-corrected chi connectivity index (χ1v) is 6.86. The smallest absolute Gasteiger partial charge is 0.174 e. The van der Waals surface area contributed by atoms with E-state index in [1.54, 1.807) is 7.11 Å². The number of nitrogens with one attached hydrogen (secondary N) is 1. The first kappa shape index (κ1) is 16.5. The van der Waals surface area contributed by atoms with Crippen LogP contribution in [0, 0.1) is 16.7 Å². The van der Waals surface area contributed by atoms with Gasteiger partial charge in [-0.05, 0) is 17.9 Å². The number of nitriles is 1. The fourth-order valence-electron chi connectivity index (χ4n) is 1.90. The molecule has 0 heterocycles. The van der Waals surface area contributed by atoms with Crippen molar-refractivity contribution in [2.75, 3.05) is 26.9 Å². The molecule has 1 rings (SSSR count). The van der Waals surface area contributed by atoms with Gasteiger partial charge in [-0.1, -0.05) is 32.0 Å². The molecule has 20 heavy (non-hydrogen) atoms. The van der Waals surface area contributed by atoms with Crippen molar-refractivity contribution in [3.63, 3.8) is 0 Å². The van der Waals surface area contributed by atoms with Crippen molar-refractivity contribution in [2.45, 2.75) is 26.8 Å². The normalized spacial score (nSPS) is 11.1. The van der Waals surface area contributed by atoms with Crippen LogP contribution in [0.1, 0.15) is 25.8 Å². The van der Waals surface area contributed by atoms with Gasteiger partial charge in [0.15, 0.2) is 6.61 Å². The summed E-state index contributed by atoms with van der Waals surface area (Å²) in [5.41, 5.74) is 1.27. The topological polar surface area (TPSA) is 54.3 Å². The van der Waals surface area contributed by atoms with Gasteiger partial charge in [0.25, 0.3) is 0 Å². The molecular weight excluding hydrogens is 252 g/mol. The zero-order chi connectivity index (χ0) is 14.8. The van der Waals surface area contributed by atoms with Gasteiger partial charge in [-0.15, -0.1) is 0 Å². The number of ether oxygens (including phenoxy) is 2. The van der Waals surface area contributed by atoms with Gasteiger partial charge >= 0.3 is 0 Å². The molecule has 0 aliphatic rings. The van der Waals surface area contributed by atoms with Crippen LogP contribution in [0.3, 0.4) is 0 Å². The number of hydrogen-bond donors (Lipinski definition) is 1. The predicted octanol–water partition coefficient (Wildman–Crippen LogP) is 2.74. The fraction of sp³-hybridized carbons (Fsp3) is 0.562. The average Bonchev–Trinajstić information content (AvgIpc) is 2.44. The molecule has 0 atom stereocenters. The summed E-state index contributed by atoms with van der Waals surface area (Å²) in [5.74, 6) is 0.774. The molecule has 1 aromatic carbocycles. The Balaban J connectivity index is 2.47. The van der Waals surface area contributed by atoms with Crippen LogP contribution >= 0.6 is 0 Å². The molecule has 1 aromatic rings. The second kappa shape index (κ2) is 8.57. The number of nitrogens with zero attached hydrogens (tertiary/aromatic N) is 1. The summed E-state index contributed by atoms with van der Waals surface area (Å²) in [5, 5.41) is 12.0. The van der Waals surface area contributed by atoms with Gasteiger partial charge in [-0.2, -0.15) is 5.26 Å². The van der Waals surface area contributed by atoms with Gasteiger partial charge in [0, 0.05) is 32.4 Å². The SMILES string of the molecule is COCCC(C)(C)CNCc1ccccc1OCC#N. The molecule has 4 nitrogen and oxygen atoms in total. The van der Waals surface area contributed by atoms with Gasteiger partial charge in [0.05, 0.1) is 0 Å².